The Morgan fingerprint density at radius 3 is 2.79 bits per heavy atom. The zero-order valence-corrected chi connectivity index (χ0v) is 10.1. The van der Waals surface area contributed by atoms with Gasteiger partial charge in [0.1, 0.15) is 5.75 Å². The fourth-order valence-corrected chi connectivity index (χ4v) is 2.59. The van der Waals surface area contributed by atoms with Crippen molar-refractivity contribution in [1.82, 2.24) is 0 Å². The van der Waals surface area contributed by atoms with Gasteiger partial charge in [-0.15, -0.1) is 0 Å². The number of fused-ring (bicyclic) bond motifs is 1. The van der Waals surface area contributed by atoms with Gasteiger partial charge in [0.25, 0.3) is 0 Å². The zero-order chi connectivity index (χ0) is 10.2. The van der Waals surface area contributed by atoms with Gasteiger partial charge in [-0.2, -0.15) is 0 Å². The second-order valence-electron chi connectivity index (χ2n) is 4.67. The normalized spacial score (nSPS) is 14.8. The van der Waals surface area contributed by atoms with E-state index < -0.39 is 8.32 Å². The van der Waals surface area contributed by atoms with E-state index >= 15 is 0 Å². The van der Waals surface area contributed by atoms with Crippen LogP contribution in [0.25, 0.3) is 0 Å². The molecular formula is C11H17NOSi. The number of nitrogens with one attached hydrogen (secondary N) is 1. The minimum absolute atomic E-state index is 1.04. The highest BCUT2D eigenvalue weighted by atomic mass is 28.4. The molecule has 0 saturated heterocycles. The second kappa shape index (κ2) is 3.31. The molecule has 1 aromatic carbocycles. The van der Waals surface area contributed by atoms with E-state index in [9.17, 15) is 0 Å². The Morgan fingerprint density at radius 1 is 1.29 bits per heavy atom. The number of benzene rings is 1. The molecule has 0 amide bonds. The highest BCUT2D eigenvalue weighted by molar-refractivity contribution is 6.70. The van der Waals surface area contributed by atoms with Crippen molar-refractivity contribution in [3.05, 3.63) is 23.8 Å². The van der Waals surface area contributed by atoms with E-state index in [4.69, 9.17) is 4.43 Å². The van der Waals surface area contributed by atoms with Gasteiger partial charge in [-0.1, -0.05) is 6.07 Å². The number of hydrogen-bond acceptors (Lipinski definition) is 2. The smallest absolute Gasteiger partial charge is 0.242 e. The summed E-state index contributed by atoms with van der Waals surface area (Å²) in [6.07, 6.45) is 1.09. The lowest BCUT2D eigenvalue weighted by molar-refractivity contribution is 0.552. The molecule has 0 spiro atoms. The summed E-state index contributed by atoms with van der Waals surface area (Å²) in [4.78, 5) is 0. The predicted octanol–water partition coefficient (Wildman–Crippen LogP) is 2.87. The lowest BCUT2D eigenvalue weighted by Crippen LogP contribution is -2.29. The van der Waals surface area contributed by atoms with Crippen molar-refractivity contribution >= 4 is 14.0 Å². The third-order valence-corrected chi connectivity index (χ3v) is 3.07. The van der Waals surface area contributed by atoms with Gasteiger partial charge < -0.3 is 9.74 Å². The molecule has 76 valence electrons. The minimum atomic E-state index is -1.47. The minimum Gasteiger partial charge on any atom is -0.544 e. The first kappa shape index (κ1) is 9.59. The van der Waals surface area contributed by atoms with Crippen LogP contribution in [-0.4, -0.2) is 14.9 Å². The van der Waals surface area contributed by atoms with Gasteiger partial charge in [0, 0.05) is 17.8 Å². The molecule has 3 heteroatoms. The molecule has 0 saturated carbocycles. The second-order valence-corrected chi connectivity index (χ2v) is 9.10. The van der Waals surface area contributed by atoms with Gasteiger partial charge in [-0.05, 0) is 38.2 Å². The lowest BCUT2D eigenvalue weighted by Gasteiger charge is -2.21. The van der Waals surface area contributed by atoms with E-state index in [1.807, 2.05) is 0 Å². The van der Waals surface area contributed by atoms with Crippen LogP contribution in [0.15, 0.2) is 18.2 Å². The average Bonchev–Trinajstić information content (AvgIpc) is 2.49. The van der Waals surface area contributed by atoms with Crippen molar-refractivity contribution < 1.29 is 4.43 Å². The van der Waals surface area contributed by atoms with E-state index in [0.717, 1.165) is 18.7 Å². The maximum absolute atomic E-state index is 6.04. The van der Waals surface area contributed by atoms with Gasteiger partial charge >= 0.3 is 0 Å². The van der Waals surface area contributed by atoms with E-state index in [1.54, 1.807) is 0 Å². The first-order chi connectivity index (χ1) is 6.56. The lowest BCUT2D eigenvalue weighted by atomic mass is 10.1. The van der Waals surface area contributed by atoms with Crippen LogP contribution >= 0.6 is 0 Å². The third kappa shape index (κ3) is 1.92. The summed E-state index contributed by atoms with van der Waals surface area (Å²) >= 11 is 0. The van der Waals surface area contributed by atoms with Crippen molar-refractivity contribution in [2.75, 3.05) is 11.9 Å². The Bertz CT molecular complexity index is 344. The van der Waals surface area contributed by atoms with Gasteiger partial charge in [-0.3, -0.25) is 0 Å². The first-order valence-electron chi connectivity index (χ1n) is 5.11. The molecule has 0 unspecified atom stereocenters. The maximum atomic E-state index is 6.04. The van der Waals surface area contributed by atoms with Crippen LogP contribution in [0.1, 0.15) is 5.56 Å². The van der Waals surface area contributed by atoms with Gasteiger partial charge in [0.2, 0.25) is 8.32 Å². The Hall–Kier alpha value is -0.963. The van der Waals surface area contributed by atoms with E-state index in [2.05, 4.69) is 43.2 Å². The van der Waals surface area contributed by atoms with E-state index in [-0.39, 0.29) is 0 Å². The largest absolute Gasteiger partial charge is 0.544 e. The molecule has 1 aliphatic rings. The molecule has 1 N–H and O–H groups in total. The topological polar surface area (TPSA) is 21.3 Å². The summed E-state index contributed by atoms with van der Waals surface area (Å²) in [6.45, 7) is 7.69. The van der Waals surface area contributed by atoms with Crippen molar-refractivity contribution in [1.29, 1.82) is 0 Å². The summed E-state index contributed by atoms with van der Waals surface area (Å²) in [6, 6.07) is 6.27. The molecule has 0 aliphatic carbocycles. The molecule has 14 heavy (non-hydrogen) atoms. The maximum Gasteiger partial charge on any atom is 0.242 e. The quantitative estimate of drug-likeness (QED) is 0.753. The molecular weight excluding hydrogens is 190 g/mol. The molecule has 0 bridgehead atoms. The zero-order valence-electron chi connectivity index (χ0n) is 9.05. The summed E-state index contributed by atoms with van der Waals surface area (Å²) < 4.78 is 6.04. The molecule has 1 aromatic rings. The molecule has 0 aromatic heterocycles. The van der Waals surface area contributed by atoms with Gasteiger partial charge in [0.05, 0.1) is 0 Å². The molecule has 2 rings (SSSR count). The monoisotopic (exact) mass is 207 g/mol. The standard InChI is InChI=1S/C11H17NOSi/c1-14(2,3)13-11-6-4-5-10-9(11)7-8-12-10/h4-6,12H,7-8H2,1-3H3. The SMILES string of the molecule is C[Si](C)(C)Oc1cccc2c1CCN2. The molecule has 0 fully saturated rings. The number of hydrogen-bond donors (Lipinski definition) is 1. The highest BCUT2D eigenvalue weighted by Gasteiger charge is 2.21. The number of anilines is 1. The fourth-order valence-electron chi connectivity index (χ4n) is 1.74. The van der Waals surface area contributed by atoms with Crippen LogP contribution in [0.5, 0.6) is 5.75 Å². The van der Waals surface area contributed by atoms with Crippen LogP contribution in [-0.2, 0) is 6.42 Å². The van der Waals surface area contributed by atoms with Crippen molar-refractivity contribution in [2.24, 2.45) is 0 Å². The van der Waals surface area contributed by atoms with Crippen LogP contribution < -0.4 is 9.74 Å². The highest BCUT2D eigenvalue weighted by Crippen LogP contribution is 2.32. The molecule has 1 aliphatic heterocycles. The summed E-state index contributed by atoms with van der Waals surface area (Å²) in [5.41, 5.74) is 2.61. The Labute approximate surface area is 86.4 Å². The van der Waals surface area contributed by atoms with Crippen molar-refractivity contribution in [3.8, 4) is 5.75 Å². The summed E-state index contributed by atoms with van der Waals surface area (Å²) in [5, 5.41) is 3.36. The van der Waals surface area contributed by atoms with Crippen molar-refractivity contribution in [2.45, 2.75) is 26.1 Å². The van der Waals surface area contributed by atoms with Crippen LogP contribution in [0.2, 0.25) is 19.6 Å². The molecule has 0 atom stereocenters. The van der Waals surface area contributed by atoms with E-state index in [0.29, 0.717) is 0 Å². The van der Waals surface area contributed by atoms with Crippen LogP contribution in [0, 0.1) is 0 Å². The Kier molecular flexibility index (Phi) is 2.27. The van der Waals surface area contributed by atoms with E-state index in [1.165, 1.54) is 11.3 Å². The van der Waals surface area contributed by atoms with Crippen LogP contribution in [0.3, 0.4) is 0 Å². The molecule has 0 radical (unpaired) electrons. The fraction of sp³-hybridized carbons (Fsp3) is 0.455. The van der Waals surface area contributed by atoms with Gasteiger partial charge in [-0.25, -0.2) is 0 Å². The Balaban J connectivity index is 2.31. The Morgan fingerprint density at radius 2 is 2.07 bits per heavy atom. The van der Waals surface area contributed by atoms with Crippen molar-refractivity contribution in [3.63, 3.8) is 0 Å². The number of rotatable bonds is 2. The third-order valence-electron chi connectivity index (χ3n) is 2.24. The predicted molar refractivity (Wildman–Crippen MR) is 62.6 cm³/mol. The summed E-state index contributed by atoms with van der Waals surface area (Å²) in [7, 11) is -1.47. The molecule has 1 heterocycles. The van der Waals surface area contributed by atoms with Gasteiger partial charge in [0.15, 0.2) is 0 Å². The molecule has 2 nitrogen and oxygen atoms in total. The first-order valence-corrected chi connectivity index (χ1v) is 8.52. The van der Waals surface area contributed by atoms with Crippen LogP contribution in [0.4, 0.5) is 5.69 Å². The average molecular weight is 207 g/mol. The summed E-state index contributed by atoms with van der Waals surface area (Å²) in [5.74, 6) is 1.09.